The Balaban J connectivity index is 1.84. The molecule has 4 rings (SSSR count). The zero-order chi connectivity index (χ0) is 25.8. The predicted octanol–water partition coefficient (Wildman–Crippen LogP) is 5.04. The molecule has 9 heteroatoms. The molecule has 1 fully saturated rings. The van der Waals surface area contributed by atoms with E-state index in [0.717, 1.165) is 24.2 Å². The second-order valence-corrected chi connectivity index (χ2v) is 9.19. The SMILES string of the molecule is CCCCOc1cccc(C(O)=C2C(=O)C(=O)N(c3nc(C)c(C(=O)OC)s3)C2c2ccccc2)c1. The molecule has 0 saturated carbocycles. The monoisotopic (exact) mass is 506 g/mol. The number of rotatable bonds is 8. The first-order valence-electron chi connectivity index (χ1n) is 11.5. The van der Waals surface area contributed by atoms with Gasteiger partial charge >= 0.3 is 11.9 Å². The lowest BCUT2D eigenvalue weighted by atomic mass is 9.95. The Hall–Kier alpha value is -3.98. The standard InChI is InChI=1S/C27H26N2O6S/c1-4-5-14-35-19-13-9-12-18(15-19)22(30)20-21(17-10-7-6-8-11-17)29(25(32)23(20)31)27-28-16(2)24(36-27)26(33)34-3/h6-13,15,21,30H,4-5,14H2,1-3H3. The van der Waals surface area contributed by atoms with Gasteiger partial charge in [-0.05, 0) is 31.0 Å². The fourth-order valence-electron chi connectivity index (χ4n) is 3.97. The van der Waals surface area contributed by atoms with Gasteiger partial charge in [0.05, 0.1) is 31.0 Å². The summed E-state index contributed by atoms with van der Waals surface area (Å²) in [4.78, 5) is 44.6. The Labute approximate surface area is 212 Å². The number of anilines is 1. The highest BCUT2D eigenvalue weighted by Gasteiger charge is 2.48. The third-order valence-electron chi connectivity index (χ3n) is 5.80. The Bertz CT molecular complexity index is 1330. The maximum absolute atomic E-state index is 13.3. The summed E-state index contributed by atoms with van der Waals surface area (Å²) < 4.78 is 10.6. The Kier molecular flexibility index (Phi) is 7.49. The van der Waals surface area contributed by atoms with Crippen LogP contribution in [0.2, 0.25) is 0 Å². The quantitative estimate of drug-likeness (QED) is 0.150. The largest absolute Gasteiger partial charge is 0.507 e. The number of methoxy groups -OCH3 is 1. The number of esters is 1. The van der Waals surface area contributed by atoms with Crippen molar-refractivity contribution in [1.29, 1.82) is 0 Å². The van der Waals surface area contributed by atoms with E-state index in [9.17, 15) is 19.5 Å². The molecule has 1 atom stereocenters. The number of ether oxygens (including phenoxy) is 2. The number of benzene rings is 2. The van der Waals surface area contributed by atoms with Gasteiger partial charge in [-0.25, -0.2) is 9.78 Å². The number of aromatic nitrogens is 1. The molecule has 1 N–H and O–H groups in total. The summed E-state index contributed by atoms with van der Waals surface area (Å²) >= 11 is 0.960. The summed E-state index contributed by atoms with van der Waals surface area (Å²) in [6.07, 6.45) is 1.87. The van der Waals surface area contributed by atoms with Crippen molar-refractivity contribution in [1.82, 2.24) is 4.98 Å². The average Bonchev–Trinajstić information content (AvgIpc) is 3.40. The molecule has 1 unspecified atom stereocenters. The number of carbonyl (C=O) groups is 3. The first-order valence-corrected chi connectivity index (χ1v) is 12.3. The molecule has 1 aliphatic rings. The molecular weight excluding hydrogens is 480 g/mol. The van der Waals surface area contributed by atoms with Crippen LogP contribution in [-0.4, -0.2) is 41.5 Å². The zero-order valence-electron chi connectivity index (χ0n) is 20.2. The van der Waals surface area contributed by atoms with Gasteiger partial charge in [0, 0.05) is 5.56 Å². The molecule has 1 aliphatic heterocycles. The van der Waals surface area contributed by atoms with Crippen LogP contribution in [0.25, 0.3) is 5.76 Å². The van der Waals surface area contributed by atoms with Crippen molar-refractivity contribution in [3.05, 3.63) is 81.9 Å². The minimum atomic E-state index is -0.938. The van der Waals surface area contributed by atoms with Gasteiger partial charge in [0.15, 0.2) is 5.13 Å². The molecule has 0 bridgehead atoms. The normalized spacial score (nSPS) is 16.9. The second-order valence-electron chi connectivity index (χ2n) is 8.21. The van der Waals surface area contributed by atoms with Crippen molar-refractivity contribution < 1.29 is 29.0 Å². The van der Waals surface area contributed by atoms with E-state index in [1.54, 1.807) is 55.5 Å². The van der Waals surface area contributed by atoms with Crippen LogP contribution in [0.4, 0.5) is 5.13 Å². The van der Waals surface area contributed by atoms with Gasteiger partial charge in [-0.15, -0.1) is 0 Å². The molecule has 2 heterocycles. The summed E-state index contributed by atoms with van der Waals surface area (Å²) in [7, 11) is 1.26. The van der Waals surface area contributed by atoms with Crippen LogP contribution >= 0.6 is 11.3 Å². The summed E-state index contributed by atoms with van der Waals surface area (Å²) in [5, 5.41) is 11.5. The molecule has 2 aromatic carbocycles. The Morgan fingerprint density at radius 2 is 1.89 bits per heavy atom. The van der Waals surface area contributed by atoms with Gasteiger partial charge in [-0.1, -0.05) is 67.1 Å². The third-order valence-corrected chi connectivity index (χ3v) is 6.93. The number of thiazole rings is 1. The molecule has 8 nitrogen and oxygen atoms in total. The van der Waals surface area contributed by atoms with Crippen LogP contribution in [0.5, 0.6) is 5.75 Å². The number of hydrogen-bond acceptors (Lipinski definition) is 8. The number of aliphatic hydroxyl groups is 1. The van der Waals surface area contributed by atoms with E-state index >= 15 is 0 Å². The van der Waals surface area contributed by atoms with Gasteiger partial charge < -0.3 is 14.6 Å². The topological polar surface area (TPSA) is 106 Å². The summed E-state index contributed by atoms with van der Waals surface area (Å²) in [5.41, 5.74) is 1.28. The van der Waals surface area contributed by atoms with Gasteiger partial charge in [0.1, 0.15) is 16.4 Å². The first-order chi connectivity index (χ1) is 17.4. The molecule has 36 heavy (non-hydrogen) atoms. The van der Waals surface area contributed by atoms with Crippen LogP contribution in [0.1, 0.15) is 52.3 Å². The van der Waals surface area contributed by atoms with Gasteiger partial charge in [0.25, 0.3) is 5.78 Å². The molecule has 1 amide bonds. The first kappa shape index (κ1) is 25.1. The van der Waals surface area contributed by atoms with E-state index in [2.05, 4.69) is 11.9 Å². The van der Waals surface area contributed by atoms with Gasteiger partial charge in [0.2, 0.25) is 0 Å². The van der Waals surface area contributed by atoms with Gasteiger partial charge in [-0.3, -0.25) is 14.5 Å². The maximum Gasteiger partial charge on any atom is 0.350 e. The van der Waals surface area contributed by atoms with Crippen molar-refractivity contribution in [2.24, 2.45) is 0 Å². The number of aliphatic hydroxyl groups excluding tert-OH is 1. The molecule has 1 aromatic heterocycles. The molecule has 0 spiro atoms. The highest BCUT2D eigenvalue weighted by Crippen LogP contribution is 2.44. The predicted molar refractivity (Wildman–Crippen MR) is 136 cm³/mol. The molecular formula is C27H26N2O6S. The lowest BCUT2D eigenvalue weighted by Gasteiger charge is -2.23. The number of carbonyl (C=O) groups excluding carboxylic acids is 3. The van der Waals surface area contributed by atoms with Crippen LogP contribution in [0.3, 0.4) is 0 Å². The van der Waals surface area contributed by atoms with Crippen LogP contribution < -0.4 is 9.64 Å². The van der Waals surface area contributed by atoms with E-state index in [-0.39, 0.29) is 21.3 Å². The molecule has 3 aromatic rings. The Morgan fingerprint density at radius 3 is 2.58 bits per heavy atom. The number of unbranched alkanes of at least 4 members (excludes halogenated alkanes) is 1. The lowest BCUT2D eigenvalue weighted by Crippen LogP contribution is -2.29. The molecule has 0 aliphatic carbocycles. The molecule has 0 radical (unpaired) electrons. The van der Waals surface area contributed by atoms with Crippen molar-refractivity contribution in [2.45, 2.75) is 32.7 Å². The maximum atomic E-state index is 13.3. The van der Waals surface area contributed by atoms with Crippen LogP contribution in [-0.2, 0) is 14.3 Å². The number of nitrogens with zero attached hydrogens (tertiary/aromatic N) is 2. The number of hydrogen-bond donors (Lipinski definition) is 1. The number of Topliss-reactive ketones (excluding diaryl/α,β-unsaturated/α-hetero) is 1. The zero-order valence-corrected chi connectivity index (χ0v) is 21.0. The highest BCUT2D eigenvalue weighted by molar-refractivity contribution is 7.17. The Morgan fingerprint density at radius 1 is 1.14 bits per heavy atom. The summed E-state index contributed by atoms with van der Waals surface area (Å²) in [6.45, 7) is 4.22. The van der Waals surface area contributed by atoms with E-state index in [0.29, 0.717) is 29.2 Å². The fourth-order valence-corrected chi connectivity index (χ4v) is 4.98. The molecule has 1 saturated heterocycles. The van der Waals surface area contributed by atoms with Crippen molar-refractivity contribution in [3.63, 3.8) is 0 Å². The summed E-state index contributed by atoms with van der Waals surface area (Å²) in [6, 6.07) is 14.8. The minimum absolute atomic E-state index is 0.0654. The van der Waals surface area contributed by atoms with Crippen molar-refractivity contribution in [3.8, 4) is 5.75 Å². The third kappa shape index (κ3) is 4.74. The number of ketones is 1. The highest BCUT2D eigenvalue weighted by atomic mass is 32.1. The van der Waals surface area contributed by atoms with Crippen LogP contribution in [0, 0.1) is 6.92 Å². The average molecular weight is 507 g/mol. The smallest absolute Gasteiger partial charge is 0.350 e. The van der Waals surface area contributed by atoms with E-state index in [1.165, 1.54) is 12.0 Å². The minimum Gasteiger partial charge on any atom is -0.507 e. The summed E-state index contributed by atoms with van der Waals surface area (Å²) in [5.74, 6) is -2.02. The molecule has 186 valence electrons. The van der Waals surface area contributed by atoms with E-state index in [4.69, 9.17) is 9.47 Å². The number of aryl methyl sites for hydroxylation is 1. The van der Waals surface area contributed by atoms with Crippen molar-refractivity contribution >= 4 is 39.9 Å². The fraction of sp³-hybridized carbons (Fsp3) is 0.259. The number of amides is 1. The second kappa shape index (κ2) is 10.7. The van der Waals surface area contributed by atoms with E-state index < -0.39 is 23.7 Å². The van der Waals surface area contributed by atoms with Crippen molar-refractivity contribution in [2.75, 3.05) is 18.6 Å². The van der Waals surface area contributed by atoms with E-state index in [1.807, 2.05) is 6.07 Å². The van der Waals surface area contributed by atoms with Crippen LogP contribution in [0.15, 0.2) is 60.2 Å². The lowest BCUT2D eigenvalue weighted by molar-refractivity contribution is -0.132. The van der Waals surface area contributed by atoms with Gasteiger partial charge in [-0.2, -0.15) is 0 Å².